The van der Waals surface area contributed by atoms with Crippen molar-refractivity contribution in [3.8, 4) is 0 Å². The quantitative estimate of drug-likeness (QED) is 0.639. The summed E-state index contributed by atoms with van der Waals surface area (Å²) >= 11 is 6.20. The van der Waals surface area contributed by atoms with E-state index in [0.717, 1.165) is 19.5 Å². The van der Waals surface area contributed by atoms with Crippen LogP contribution in [0.4, 0.5) is 0 Å². The zero-order valence-corrected chi connectivity index (χ0v) is 18.8. The van der Waals surface area contributed by atoms with Crippen LogP contribution in [-0.4, -0.2) is 58.3 Å². The largest absolute Gasteiger partial charge is 0.300 e. The number of hydrogen-bond acceptors (Lipinski definition) is 5. The minimum absolute atomic E-state index is 0.0169. The van der Waals surface area contributed by atoms with Gasteiger partial charge in [0.25, 0.3) is 0 Å². The van der Waals surface area contributed by atoms with Gasteiger partial charge in [0.2, 0.25) is 19.9 Å². The third-order valence-corrected chi connectivity index (χ3v) is 9.45. The molecular formula is C20H25ClN2O4S2. The van der Waals surface area contributed by atoms with Crippen molar-refractivity contribution < 1.29 is 16.8 Å². The van der Waals surface area contributed by atoms with Crippen LogP contribution in [0.3, 0.4) is 0 Å². The van der Waals surface area contributed by atoms with Crippen LogP contribution in [0, 0.1) is 0 Å². The smallest absolute Gasteiger partial charge is 0.244 e. The van der Waals surface area contributed by atoms with E-state index in [1.165, 1.54) is 34.6 Å². The number of rotatable bonds is 7. The number of hydrogen-bond donors (Lipinski definition) is 0. The molecule has 0 bridgehead atoms. The summed E-state index contributed by atoms with van der Waals surface area (Å²) in [7, 11) is -7.75. The highest BCUT2D eigenvalue weighted by Crippen LogP contribution is 2.32. The van der Waals surface area contributed by atoms with Crippen molar-refractivity contribution in [2.45, 2.75) is 41.0 Å². The molecule has 1 aliphatic heterocycles. The van der Waals surface area contributed by atoms with E-state index in [4.69, 9.17) is 11.6 Å². The molecule has 2 aromatic rings. The van der Waals surface area contributed by atoms with Crippen LogP contribution in [0.25, 0.3) is 0 Å². The van der Waals surface area contributed by atoms with Gasteiger partial charge in [-0.3, -0.25) is 4.90 Å². The van der Waals surface area contributed by atoms with Gasteiger partial charge in [-0.1, -0.05) is 43.6 Å². The lowest BCUT2D eigenvalue weighted by Crippen LogP contribution is -2.38. The first-order valence-corrected chi connectivity index (χ1v) is 12.9. The summed E-state index contributed by atoms with van der Waals surface area (Å²) in [6.45, 7) is 6.55. The summed E-state index contributed by atoms with van der Waals surface area (Å²) in [5, 5.41) is 0.0169. The predicted molar refractivity (Wildman–Crippen MR) is 113 cm³/mol. The number of benzene rings is 2. The summed E-state index contributed by atoms with van der Waals surface area (Å²) in [5.41, 5.74) is 0. The minimum atomic E-state index is -3.91. The van der Waals surface area contributed by atoms with Crippen LogP contribution in [0.2, 0.25) is 5.02 Å². The van der Waals surface area contributed by atoms with Crippen molar-refractivity contribution in [3.05, 3.63) is 53.6 Å². The average molecular weight is 457 g/mol. The number of likely N-dealkylation sites (N-methyl/N-ethyl adjacent to an activating group) is 1. The summed E-state index contributed by atoms with van der Waals surface area (Å²) in [5.74, 6) is 0. The Balaban J connectivity index is 1.96. The maximum atomic E-state index is 13.2. The Bertz CT molecular complexity index is 1070. The molecule has 1 saturated heterocycles. The highest BCUT2D eigenvalue weighted by Gasteiger charge is 2.36. The third-order valence-electron chi connectivity index (χ3n) is 5.34. The lowest BCUT2D eigenvalue weighted by molar-refractivity contribution is 0.224. The van der Waals surface area contributed by atoms with E-state index in [1.807, 2.05) is 0 Å². The molecule has 1 aliphatic rings. The SMILES string of the molecule is CCN(CC)C1CCN(S(=O)(=O)c2cc(S(=O)(=O)c3ccccc3)ccc2Cl)C1. The van der Waals surface area contributed by atoms with E-state index < -0.39 is 19.9 Å². The second kappa shape index (κ2) is 8.73. The molecule has 0 saturated carbocycles. The van der Waals surface area contributed by atoms with Gasteiger partial charge in [-0.05, 0) is 49.8 Å². The molecule has 0 amide bonds. The van der Waals surface area contributed by atoms with Crippen molar-refractivity contribution in [2.75, 3.05) is 26.2 Å². The Morgan fingerprint density at radius 2 is 1.66 bits per heavy atom. The maximum Gasteiger partial charge on any atom is 0.244 e. The highest BCUT2D eigenvalue weighted by molar-refractivity contribution is 7.91. The molecule has 29 heavy (non-hydrogen) atoms. The highest BCUT2D eigenvalue weighted by atomic mass is 35.5. The van der Waals surface area contributed by atoms with Crippen LogP contribution < -0.4 is 0 Å². The van der Waals surface area contributed by atoms with Gasteiger partial charge in [0.15, 0.2) is 0 Å². The van der Waals surface area contributed by atoms with Crippen LogP contribution >= 0.6 is 11.6 Å². The summed E-state index contributed by atoms with van der Waals surface area (Å²) in [6.07, 6.45) is 0.737. The Labute approximate surface area is 178 Å². The lowest BCUT2D eigenvalue weighted by atomic mass is 10.2. The molecule has 0 aliphatic carbocycles. The van der Waals surface area contributed by atoms with Gasteiger partial charge in [0.1, 0.15) is 4.90 Å². The monoisotopic (exact) mass is 456 g/mol. The molecule has 0 N–H and O–H groups in total. The van der Waals surface area contributed by atoms with Crippen molar-refractivity contribution in [1.29, 1.82) is 0 Å². The van der Waals surface area contributed by atoms with Gasteiger partial charge in [0.05, 0.1) is 14.8 Å². The Morgan fingerprint density at radius 3 is 2.28 bits per heavy atom. The zero-order valence-electron chi connectivity index (χ0n) is 16.5. The second-order valence-electron chi connectivity index (χ2n) is 6.94. The molecule has 158 valence electrons. The molecule has 0 aromatic heterocycles. The zero-order chi connectivity index (χ0) is 21.2. The first-order chi connectivity index (χ1) is 13.7. The van der Waals surface area contributed by atoms with Gasteiger partial charge in [-0.15, -0.1) is 0 Å². The summed E-state index contributed by atoms with van der Waals surface area (Å²) in [6, 6.07) is 11.9. The molecule has 2 aromatic carbocycles. The standard InChI is InChI=1S/C20H25ClN2O4S2/c1-3-22(4-2)16-12-13-23(15-16)29(26,27)20-14-18(10-11-19(20)21)28(24,25)17-8-6-5-7-9-17/h5-11,14,16H,3-4,12-13,15H2,1-2H3. The molecule has 9 heteroatoms. The molecule has 1 fully saturated rings. The van der Waals surface area contributed by atoms with E-state index in [0.29, 0.717) is 13.1 Å². The Morgan fingerprint density at radius 1 is 1.00 bits per heavy atom. The van der Waals surface area contributed by atoms with E-state index in [-0.39, 0.29) is 25.8 Å². The first kappa shape index (κ1) is 22.2. The molecule has 3 rings (SSSR count). The number of sulfonamides is 1. The summed E-state index contributed by atoms with van der Waals surface area (Å²) < 4.78 is 53.7. The molecule has 0 spiro atoms. The molecular weight excluding hydrogens is 432 g/mol. The third kappa shape index (κ3) is 4.36. The van der Waals surface area contributed by atoms with Crippen molar-refractivity contribution in [3.63, 3.8) is 0 Å². The fraction of sp³-hybridized carbons (Fsp3) is 0.400. The topological polar surface area (TPSA) is 74.8 Å². The predicted octanol–water partition coefficient (Wildman–Crippen LogP) is 3.28. The van der Waals surface area contributed by atoms with Gasteiger partial charge >= 0.3 is 0 Å². The molecule has 1 heterocycles. The van der Waals surface area contributed by atoms with E-state index in [9.17, 15) is 16.8 Å². The van der Waals surface area contributed by atoms with Crippen molar-refractivity contribution >= 4 is 31.5 Å². The number of nitrogens with zero attached hydrogens (tertiary/aromatic N) is 2. The second-order valence-corrected chi connectivity index (χ2v) is 11.2. The van der Waals surface area contributed by atoms with Crippen LogP contribution in [0.15, 0.2) is 63.2 Å². The van der Waals surface area contributed by atoms with Crippen LogP contribution in [0.5, 0.6) is 0 Å². The van der Waals surface area contributed by atoms with Crippen LogP contribution in [-0.2, 0) is 19.9 Å². The van der Waals surface area contributed by atoms with Gasteiger partial charge in [0, 0.05) is 19.1 Å². The fourth-order valence-electron chi connectivity index (χ4n) is 3.69. The summed E-state index contributed by atoms with van der Waals surface area (Å²) in [4.78, 5) is 2.07. The number of sulfone groups is 1. The minimum Gasteiger partial charge on any atom is -0.300 e. The van der Waals surface area contributed by atoms with Gasteiger partial charge in [-0.25, -0.2) is 16.8 Å². The van der Waals surface area contributed by atoms with Gasteiger partial charge < -0.3 is 0 Å². The first-order valence-electron chi connectivity index (χ1n) is 9.55. The van der Waals surface area contributed by atoms with Gasteiger partial charge in [-0.2, -0.15) is 4.31 Å². The van der Waals surface area contributed by atoms with E-state index >= 15 is 0 Å². The maximum absolute atomic E-state index is 13.2. The lowest BCUT2D eigenvalue weighted by Gasteiger charge is -2.26. The van der Waals surface area contributed by atoms with E-state index in [1.54, 1.807) is 18.2 Å². The van der Waals surface area contributed by atoms with Crippen molar-refractivity contribution in [1.82, 2.24) is 9.21 Å². The molecule has 1 unspecified atom stereocenters. The van der Waals surface area contributed by atoms with Crippen molar-refractivity contribution in [2.24, 2.45) is 0 Å². The molecule has 0 radical (unpaired) electrons. The average Bonchev–Trinajstić information content (AvgIpc) is 3.20. The molecule has 6 nitrogen and oxygen atoms in total. The number of halogens is 1. The van der Waals surface area contributed by atoms with Crippen LogP contribution in [0.1, 0.15) is 20.3 Å². The Hall–Kier alpha value is -1.45. The fourth-order valence-corrected chi connectivity index (χ4v) is 7.07. The normalized spacial score (nSPS) is 18.4. The van der Waals surface area contributed by atoms with E-state index in [2.05, 4.69) is 18.7 Å². The Kier molecular flexibility index (Phi) is 6.70. The molecule has 1 atom stereocenters.